The summed E-state index contributed by atoms with van der Waals surface area (Å²) in [5.41, 5.74) is 0. The molecule has 2 nitrogen and oxygen atoms in total. The number of hydrogen-bond acceptors (Lipinski definition) is 2. The van der Waals surface area contributed by atoms with Crippen molar-refractivity contribution in [1.29, 1.82) is 0 Å². The molecule has 1 unspecified atom stereocenters. The monoisotopic (exact) mass is 204 g/mol. The summed E-state index contributed by atoms with van der Waals surface area (Å²) in [6.07, 6.45) is 5.32. The summed E-state index contributed by atoms with van der Waals surface area (Å²) >= 11 is 0. The summed E-state index contributed by atoms with van der Waals surface area (Å²) in [5.74, 6) is 0. The molecule has 0 heterocycles. The molecule has 0 saturated heterocycles. The van der Waals surface area contributed by atoms with Gasteiger partial charge in [0.05, 0.1) is 0 Å². The highest BCUT2D eigenvalue weighted by Gasteiger charge is 1.99. The third kappa shape index (κ3) is 8.67. The molecule has 0 aliphatic rings. The molecule has 0 saturated carbocycles. The minimum absolute atomic E-state index is 0.984. The fourth-order valence-electron chi connectivity index (χ4n) is 1.29. The van der Waals surface area contributed by atoms with E-state index in [9.17, 15) is 0 Å². The lowest BCUT2D eigenvalue weighted by Gasteiger charge is -2.19. The zero-order chi connectivity index (χ0) is 9.94. The highest BCUT2D eigenvalue weighted by molar-refractivity contribution is 7.34. The molecule has 0 spiro atoms. The smallest absolute Gasteiger partial charge is 0.00190 e. The maximum absolute atomic E-state index is 3.19. The van der Waals surface area contributed by atoms with Crippen LogP contribution in [0, 0.1) is 0 Å². The van der Waals surface area contributed by atoms with Crippen molar-refractivity contribution in [2.24, 2.45) is 0 Å². The molecule has 0 aliphatic heterocycles. The topological polar surface area (TPSA) is 15.3 Å². The Kier molecular flexibility index (Phi) is 10.7. The van der Waals surface area contributed by atoms with Crippen molar-refractivity contribution < 1.29 is 0 Å². The van der Waals surface area contributed by atoms with E-state index in [1.54, 1.807) is 0 Å². The molecule has 13 heavy (non-hydrogen) atoms. The van der Waals surface area contributed by atoms with Crippen LogP contribution in [0.4, 0.5) is 0 Å². The molecule has 0 aromatic carbocycles. The zero-order valence-electron chi connectivity index (χ0n) is 9.40. The maximum atomic E-state index is 3.19. The van der Waals surface area contributed by atoms with Crippen LogP contribution >= 0.6 is 8.73 Å². The Morgan fingerprint density at radius 2 is 1.85 bits per heavy atom. The Labute approximate surface area is 85.3 Å². The average Bonchev–Trinajstić information content (AvgIpc) is 2.17. The second-order valence-corrected chi connectivity index (χ2v) is 4.45. The van der Waals surface area contributed by atoms with Gasteiger partial charge in [-0.3, -0.25) is 4.67 Å². The van der Waals surface area contributed by atoms with Crippen LogP contribution in [0.15, 0.2) is 0 Å². The fraction of sp³-hybridized carbons (Fsp3) is 1.00. The van der Waals surface area contributed by atoms with Gasteiger partial charge >= 0.3 is 0 Å². The minimum atomic E-state index is 0.984. The number of hydrogen-bond donors (Lipinski definition) is 1. The predicted octanol–water partition coefficient (Wildman–Crippen LogP) is 2.31. The molecule has 0 aromatic heterocycles. The van der Waals surface area contributed by atoms with Crippen LogP contribution in [0.5, 0.6) is 0 Å². The summed E-state index contributed by atoms with van der Waals surface area (Å²) in [6, 6.07) is 0. The van der Waals surface area contributed by atoms with Crippen LogP contribution in [-0.2, 0) is 0 Å². The Balaban J connectivity index is 3.25. The first-order valence-corrected chi connectivity index (χ1v) is 6.86. The number of nitrogens with one attached hydrogen (secondary N) is 1. The molecular formula is C10H25N2P. The second kappa shape index (κ2) is 10.4. The molecule has 0 amide bonds. The lowest BCUT2D eigenvalue weighted by Crippen LogP contribution is -2.18. The molecule has 0 bridgehead atoms. The third-order valence-electron chi connectivity index (χ3n) is 2.20. The molecule has 0 fully saturated rings. The van der Waals surface area contributed by atoms with E-state index in [1.807, 2.05) is 7.05 Å². The van der Waals surface area contributed by atoms with Crippen molar-refractivity contribution in [3.8, 4) is 0 Å². The van der Waals surface area contributed by atoms with Crippen LogP contribution in [0.1, 0.15) is 32.6 Å². The van der Waals surface area contributed by atoms with Crippen LogP contribution in [0.25, 0.3) is 0 Å². The SMILES string of the molecule is CCCCN(CCCCNC)PC. The van der Waals surface area contributed by atoms with Gasteiger partial charge in [0.15, 0.2) is 0 Å². The molecule has 0 aromatic rings. The van der Waals surface area contributed by atoms with Gasteiger partial charge in [0.25, 0.3) is 0 Å². The molecule has 80 valence electrons. The van der Waals surface area contributed by atoms with Crippen LogP contribution in [0.3, 0.4) is 0 Å². The van der Waals surface area contributed by atoms with Gasteiger partial charge in [-0.1, -0.05) is 22.1 Å². The highest BCUT2D eigenvalue weighted by atomic mass is 31.1. The van der Waals surface area contributed by atoms with Gasteiger partial charge in [-0.2, -0.15) is 0 Å². The Morgan fingerprint density at radius 1 is 1.15 bits per heavy atom. The first kappa shape index (κ1) is 13.4. The lowest BCUT2D eigenvalue weighted by molar-refractivity contribution is 0.433. The van der Waals surface area contributed by atoms with Crippen molar-refractivity contribution in [2.75, 3.05) is 33.3 Å². The number of rotatable bonds is 9. The van der Waals surface area contributed by atoms with Gasteiger partial charge in [0.2, 0.25) is 0 Å². The summed E-state index contributed by atoms with van der Waals surface area (Å²) in [5, 5.41) is 3.19. The fourth-order valence-corrected chi connectivity index (χ4v) is 2.05. The molecular weight excluding hydrogens is 179 g/mol. The molecule has 0 rings (SSSR count). The van der Waals surface area contributed by atoms with Crippen molar-refractivity contribution in [1.82, 2.24) is 9.99 Å². The third-order valence-corrected chi connectivity index (χ3v) is 3.28. The first-order valence-electron chi connectivity index (χ1n) is 5.42. The first-order chi connectivity index (χ1) is 6.35. The predicted molar refractivity (Wildman–Crippen MR) is 63.9 cm³/mol. The molecule has 3 heteroatoms. The van der Waals surface area contributed by atoms with Gasteiger partial charge in [0, 0.05) is 13.1 Å². The van der Waals surface area contributed by atoms with E-state index < -0.39 is 0 Å². The van der Waals surface area contributed by atoms with Crippen molar-refractivity contribution >= 4 is 8.73 Å². The van der Waals surface area contributed by atoms with E-state index in [1.165, 1.54) is 38.8 Å². The van der Waals surface area contributed by atoms with Crippen LogP contribution in [-0.4, -0.2) is 38.0 Å². The van der Waals surface area contributed by atoms with Crippen LogP contribution < -0.4 is 5.32 Å². The van der Waals surface area contributed by atoms with E-state index >= 15 is 0 Å². The summed E-state index contributed by atoms with van der Waals surface area (Å²) in [4.78, 5) is 0. The second-order valence-electron chi connectivity index (χ2n) is 3.37. The molecule has 1 atom stereocenters. The average molecular weight is 204 g/mol. The van der Waals surface area contributed by atoms with Gasteiger partial charge in [-0.25, -0.2) is 0 Å². The Hall–Kier alpha value is 0.350. The van der Waals surface area contributed by atoms with Gasteiger partial charge in [0.1, 0.15) is 0 Å². The van der Waals surface area contributed by atoms with Gasteiger partial charge in [-0.05, 0) is 39.5 Å². The summed E-state index contributed by atoms with van der Waals surface area (Å²) < 4.78 is 2.58. The number of nitrogens with zero attached hydrogens (tertiary/aromatic N) is 1. The zero-order valence-corrected chi connectivity index (χ0v) is 10.4. The molecule has 0 radical (unpaired) electrons. The standard InChI is InChI=1S/C10H25N2P/c1-4-5-9-12(13-3)10-7-6-8-11-2/h11,13H,4-10H2,1-3H3. The summed E-state index contributed by atoms with van der Waals surface area (Å²) in [6.45, 7) is 8.29. The lowest BCUT2D eigenvalue weighted by atomic mass is 10.3. The van der Waals surface area contributed by atoms with Crippen molar-refractivity contribution in [3.05, 3.63) is 0 Å². The largest absolute Gasteiger partial charge is 0.320 e. The Bertz CT molecular complexity index is 98.9. The minimum Gasteiger partial charge on any atom is -0.320 e. The molecule has 1 N–H and O–H groups in total. The highest BCUT2D eigenvalue weighted by Crippen LogP contribution is 2.14. The van der Waals surface area contributed by atoms with E-state index in [-0.39, 0.29) is 0 Å². The van der Waals surface area contributed by atoms with Crippen LogP contribution in [0.2, 0.25) is 0 Å². The van der Waals surface area contributed by atoms with Gasteiger partial charge in [-0.15, -0.1) is 0 Å². The molecule has 0 aliphatic carbocycles. The van der Waals surface area contributed by atoms with Crippen molar-refractivity contribution in [3.63, 3.8) is 0 Å². The summed E-state index contributed by atoms with van der Waals surface area (Å²) in [7, 11) is 3.01. The maximum Gasteiger partial charge on any atom is 0.00190 e. The number of unbranched alkanes of at least 4 members (excludes halogenated alkanes) is 2. The van der Waals surface area contributed by atoms with E-state index in [4.69, 9.17) is 0 Å². The van der Waals surface area contributed by atoms with E-state index in [0.29, 0.717) is 0 Å². The van der Waals surface area contributed by atoms with Crippen molar-refractivity contribution in [2.45, 2.75) is 32.6 Å². The normalized spacial score (nSPS) is 12.0. The quantitative estimate of drug-likeness (QED) is 0.458. The Morgan fingerprint density at radius 3 is 2.38 bits per heavy atom. The van der Waals surface area contributed by atoms with Gasteiger partial charge < -0.3 is 5.32 Å². The van der Waals surface area contributed by atoms with E-state index in [2.05, 4.69) is 23.6 Å². The van der Waals surface area contributed by atoms with E-state index in [0.717, 1.165) is 15.3 Å².